The molecule has 0 aliphatic heterocycles. The van der Waals surface area contributed by atoms with Crippen molar-refractivity contribution in [3.63, 3.8) is 0 Å². The number of amides is 1. The van der Waals surface area contributed by atoms with Crippen molar-refractivity contribution in [2.45, 2.75) is 26.5 Å². The molecule has 1 amide bonds. The zero-order valence-corrected chi connectivity index (χ0v) is 18.2. The molecule has 1 aromatic heterocycles. The number of nitro groups is 1. The lowest BCUT2D eigenvalue weighted by Crippen LogP contribution is -2.25. The maximum atomic E-state index is 12.4. The molecule has 162 valence electrons. The van der Waals surface area contributed by atoms with Crippen LogP contribution in [0.5, 0.6) is 5.75 Å². The van der Waals surface area contributed by atoms with E-state index < -0.39 is 4.92 Å². The molecule has 1 heterocycles. The lowest BCUT2D eigenvalue weighted by Gasteiger charge is -2.09. The van der Waals surface area contributed by atoms with E-state index in [-0.39, 0.29) is 18.2 Å². The number of nitrogens with one attached hydrogen (secondary N) is 1. The third kappa shape index (κ3) is 5.96. The Labute approximate surface area is 188 Å². The smallest absolute Gasteiger partial charge is 0.269 e. The normalized spacial score (nSPS) is 10.7. The van der Waals surface area contributed by atoms with Crippen LogP contribution in [0.15, 0.2) is 48.5 Å². The Bertz CT molecular complexity index is 1080. The predicted octanol–water partition coefficient (Wildman–Crippen LogP) is 4.81. The summed E-state index contributed by atoms with van der Waals surface area (Å²) in [7, 11) is 0. The van der Waals surface area contributed by atoms with Gasteiger partial charge < -0.3 is 10.1 Å². The molecule has 3 aromatic rings. The first-order valence-electron chi connectivity index (χ1n) is 9.48. The van der Waals surface area contributed by atoms with Crippen molar-refractivity contribution in [2.24, 2.45) is 0 Å². The maximum Gasteiger partial charge on any atom is 0.269 e. The topological polar surface area (TPSA) is 99.3 Å². The van der Waals surface area contributed by atoms with Gasteiger partial charge in [0.1, 0.15) is 22.5 Å². The highest BCUT2D eigenvalue weighted by atomic mass is 35.5. The molecule has 0 fully saturated rings. The molecule has 0 aliphatic carbocycles. The first kappa shape index (κ1) is 22.6. The molecule has 0 aliphatic rings. The van der Waals surface area contributed by atoms with Crippen molar-refractivity contribution in [1.29, 1.82) is 0 Å². The largest absolute Gasteiger partial charge is 0.489 e. The Morgan fingerprint density at radius 1 is 1.23 bits per heavy atom. The lowest BCUT2D eigenvalue weighted by molar-refractivity contribution is -0.384. The van der Waals surface area contributed by atoms with Crippen LogP contribution in [0.3, 0.4) is 0 Å². The molecule has 0 spiro atoms. The molecule has 1 N–H and O–H groups in total. The Morgan fingerprint density at radius 2 is 1.97 bits per heavy atom. The Morgan fingerprint density at radius 3 is 2.61 bits per heavy atom. The summed E-state index contributed by atoms with van der Waals surface area (Å²) in [6.45, 7) is 3.01. The summed E-state index contributed by atoms with van der Waals surface area (Å²) in [5, 5.41) is 18.7. The molecular weight excluding hydrogens is 443 g/mol. The molecular formula is C21H20Cl2N4O4. The monoisotopic (exact) mass is 462 g/mol. The summed E-state index contributed by atoms with van der Waals surface area (Å²) in [4.78, 5) is 22.7. The van der Waals surface area contributed by atoms with Gasteiger partial charge in [0.2, 0.25) is 0 Å². The van der Waals surface area contributed by atoms with Crippen LogP contribution < -0.4 is 10.1 Å². The van der Waals surface area contributed by atoms with Gasteiger partial charge in [-0.1, -0.05) is 35.3 Å². The molecule has 0 radical (unpaired) electrons. The van der Waals surface area contributed by atoms with Crippen LogP contribution in [0.25, 0.3) is 0 Å². The van der Waals surface area contributed by atoms with Gasteiger partial charge in [-0.3, -0.25) is 19.6 Å². The van der Waals surface area contributed by atoms with Crippen molar-refractivity contribution >= 4 is 34.8 Å². The summed E-state index contributed by atoms with van der Waals surface area (Å²) in [6, 6.07) is 12.9. The zero-order chi connectivity index (χ0) is 22.4. The quantitative estimate of drug-likeness (QED) is 0.279. The molecule has 0 unspecified atom stereocenters. The van der Waals surface area contributed by atoms with Crippen molar-refractivity contribution in [3.8, 4) is 5.75 Å². The number of nitrogens with zero attached hydrogens (tertiary/aromatic N) is 3. The van der Waals surface area contributed by atoms with Gasteiger partial charge in [-0.15, -0.1) is 0 Å². The fourth-order valence-electron chi connectivity index (χ4n) is 2.85. The number of aryl methyl sites for hydroxylation is 2. The van der Waals surface area contributed by atoms with Crippen LogP contribution in [0, 0.1) is 17.0 Å². The molecule has 10 heteroatoms. The number of carbonyl (C=O) groups is 1. The van der Waals surface area contributed by atoms with Crippen LogP contribution in [0.1, 0.15) is 28.0 Å². The van der Waals surface area contributed by atoms with Gasteiger partial charge >= 0.3 is 0 Å². The lowest BCUT2D eigenvalue weighted by atomic mass is 10.1. The maximum absolute atomic E-state index is 12.4. The van der Waals surface area contributed by atoms with Crippen LogP contribution >= 0.6 is 23.2 Å². The van der Waals surface area contributed by atoms with Gasteiger partial charge in [-0.05, 0) is 43.2 Å². The third-order valence-electron chi connectivity index (χ3n) is 4.47. The van der Waals surface area contributed by atoms with E-state index in [2.05, 4.69) is 10.4 Å². The predicted molar refractivity (Wildman–Crippen MR) is 118 cm³/mol. The van der Waals surface area contributed by atoms with E-state index in [0.29, 0.717) is 46.7 Å². The van der Waals surface area contributed by atoms with E-state index in [1.165, 1.54) is 24.3 Å². The van der Waals surface area contributed by atoms with Crippen molar-refractivity contribution < 1.29 is 14.5 Å². The number of rotatable bonds is 9. The molecule has 0 atom stereocenters. The van der Waals surface area contributed by atoms with E-state index in [1.54, 1.807) is 29.8 Å². The van der Waals surface area contributed by atoms with E-state index in [4.69, 9.17) is 27.9 Å². The number of aromatic nitrogens is 2. The second kappa shape index (κ2) is 10.3. The van der Waals surface area contributed by atoms with Gasteiger partial charge in [0.05, 0.1) is 10.6 Å². The SMILES string of the molecule is Cc1nn(CCCNC(=O)c2cccc(COc3ccc([N+](=O)[O-])cc3)c2)c(Cl)c1Cl. The standard InChI is InChI=1S/C21H20Cl2N4O4/c1-14-19(22)20(23)26(25-14)11-3-10-24-21(28)16-5-2-4-15(12-16)13-31-18-8-6-17(7-9-18)27(29)30/h2,4-9,12H,3,10-11,13H2,1H3,(H,24,28). The Hall–Kier alpha value is -3.10. The number of hydrogen-bond acceptors (Lipinski definition) is 5. The highest BCUT2D eigenvalue weighted by Gasteiger charge is 2.11. The molecule has 0 saturated carbocycles. The first-order chi connectivity index (χ1) is 14.8. The molecule has 31 heavy (non-hydrogen) atoms. The first-order valence-corrected chi connectivity index (χ1v) is 10.2. The minimum absolute atomic E-state index is 0.000853. The average Bonchev–Trinajstić information content (AvgIpc) is 3.02. The van der Waals surface area contributed by atoms with Crippen molar-refractivity contribution in [2.75, 3.05) is 6.54 Å². The Balaban J connectivity index is 1.48. The zero-order valence-electron chi connectivity index (χ0n) is 16.7. The number of benzene rings is 2. The van der Waals surface area contributed by atoms with Gasteiger partial charge in [0.25, 0.3) is 11.6 Å². The summed E-state index contributed by atoms with van der Waals surface area (Å²) in [5.41, 5.74) is 1.99. The number of non-ortho nitro benzene ring substituents is 1. The molecule has 2 aromatic carbocycles. The fraction of sp³-hybridized carbons (Fsp3) is 0.238. The number of nitro benzene ring substituents is 1. The van der Waals surface area contributed by atoms with Gasteiger partial charge in [-0.2, -0.15) is 5.10 Å². The number of carbonyl (C=O) groups excluding carboxylic acids is 1. The third-order valence-corrected chi connectivity index (χ3v) is 5.40. The summed E-state index contributed by atoms with van der Waals surface area (Å²) >= 11 is 12.1. The summed E-state index contributed by atoms with van der Waals surface area (Å²) in [5.74, 6) is 0.311. The number of ether oxygens (including phenoxy) is 1. The van der Waals surface area contributed by atoms with Crippen LogP contribution in [0.4, 0.5) is 5.69 Å². The highest BCUT2D eigenvalue weighted by Crippen LogP contribution is 2.25. The van der Waals surface area contributed by atoms with Gasteiger partial charge in [0, 0.05) is 30.8 Å². The average molecular weight is 463 g/mol. The van der Waals surface area contributed by atoms with E-state index in [9.17, 15) is 14.9 Å². The number of halogens is 2. The second-order valence-electron chi connectivity index (χ2n) is 6.76. The molecule has 0 bridgehead atoms. The minimum atomic E-state index is -0.467. The minimum Gasteiger partial charge on any atom is -0.489 e. The Kier molecular flexibility index (Phi) is 7.49. The molecule has 3 rings (SSSR count). The van der Waals surface area contributed by atoms with Gasteiger partial charge in [0.15, 0.2) is 0 Å². The van der Waals surface area contributed by atoms with Crippen LogP contribution in [-0.4, -0.2) is 27.2 Å². The van der Waals surface area contributed by atoms with Crippen LogP contribution in [-0.2, 0) is 13.2 Å². The van der Waals surface area contributed by atoms with E-state index in [0.717, 1.165) is 5.56 Å². The number of hydrogen-bond donors (Lipinski definition) is 1. The summed E-state index contributed by atoms with van der Waals surface area (Å²) in [6.07, 6.45) is 0.645. The molecule has 0 saturated heterocycles. The highest BCUT2D eigenvalue weighted by molar-refractivity contribution is 6.41. The fourth-order valence-corrected chi connectivity index (χ4v) is 3.24. The second-order valence-corrected chi connectivity index (χ2v) is 7.50. The van der Waals surface area contributed by atoms with E-state index in [1.807, 2.05) is 6.07 Å². The van der Waals surface area contributed by atoms with Crippen LogP contribution in [0.2, 0.25) is 10.2 Å². The van der Waals surface area contributed by atoms with Crippen molar-refractivity contribution in [1.82, 2.24) is 15.1 Å². The van der Waals surface area contributed by atoms with E-state index >= 15 is 0 Å². The molecule has 8 nitrogen and oxygen atoms in total. The summed E-state index contributed by atoms with van der Waals surface area (Å²) < 4.78 is 7.26. The van der Waals surface area contributed by atoms with Crippen molar-refractivity contribution in [3.05, 3.63) is 85.6 Å². The van der Waals surface area contributed by atoms with Gasteiger partial charge in [-0.25, -0.2) is 0 Å².